The molecule has 0 bridgehead atoms. The van der Waals surface area contributed by atoms with Crippen molar-refractivity contribution in [3.63, 3.8) is 0 Å². The van der Waals surface area contributed by atoms with Gasteiger partial charge in [-0.3, -0.25) is 0 Å². The van der Waals surface area contributed by atoms with Crippen LogP contribution in [0.15, 0.2) is 42.6 Å². The van der Waals surface area contributed by atoms with E-state index in [4.69, 9.17) is 5.73 Å². The van der Waals surface area contributed by atoms with Gasteiger partial charge in [0.25, 0.3) is 0 Å². The number of halogens is 1. The Balaban J connectivity index is 2.41. The number of alkyl halides is 1. The first kappa shape index (κ1) is 9.86. The standard InChI is InChI=1S/C11H12FN3/c12-10(8-13)11-6-7-14-15(11)9-4-2-1-3-5-9/h1-7,10H,8,13H2. The summed E-state index contributed by atoms with van der Waals surface area (Å²) in [6.45, 7) is -0.0292. The van der Waals surface area contributed by atoms with Crippen LogP contribution in [0, 0.1) is 0 Å². The van der Waals surface area contributed by atoms with Crippen LogP contribution in [0.3, 0.4) is 0 Å². The number of rotatable bonds is 3. The van der Waals surface area contributed by atoms with Crippen LogP contribution in [0.2, 0.25) is 0 Å². The number of nitrogens with two attached hydrogens (primary N) is 1. The monoisotopic (exact) mass is 205 g/mol. The molecule has 1 aromatic carbocycles. The van der Waals surface area contributed by atoms with Crippen LogP contribution < -0.4 is 5.73 Å². The summed E-state index contributed by atoms with van der Waals surface area (Å²) in [5.41, 5.74) is 6.62. The predicted octanol–water partition coefficient (Wildman–Crippen LogP) is 1.84. The fourth-order valence-corrected chi connectivity index (χ4v) is 1.46. The Morgan fingerprint density at radius 1 is 1.27 bits per heavy atom. The highest BCUT2D eigenvalue weighted by molar-refractivity contribution is 5.32. The zero-order valence-electron chi connectivity index (χ0n) is 8.18. The van der Waals surface area contributed by atoms with Crippen LogP contribution in [-0.4, -0.2) is 16.3 Å². The van der Waals surface area contributed by atoms with Crippen molar-refractivity contribution >= 4 is 0 Å². The van der Waals surface area contributed by atoms with Gasteiger partial charge in [-0.2, -0.15) is 5.10 Å². The number of benzene rings is 1. The first-order chi connectivity index (χ1) is 7.33. The van der Waals surface area contributed by atoms with E-state index in [2.05, 4.69) is 5.10 Å². The number of hydrogen-bond acceptors (Lipinski definition) is 2. The van der Waals surface area contributed by atoms with Gasteiger partial charge in [0.1, 0.15) is 0 Å². The Bertz CT molecular complexity index is 424. The van der Waals surface area contributed by atoms with Gasteiger partial charge in [-0.15, -0.1) is 0 Å². The first-order valence-corrected chi connectivity index (χ1v) is 4.76. The third kappa shape index (κ3) is 1.89. The summed E-state index contributed by atoms with van der Waals surface area (Å²) in [6, 6.07) is 11.1. The van der Waals surface area contributed by atoms with E-state index in [1.165, 1.54) is 0 Å². The molecule has 4 heteroatoms. The SMILES string of the molecule is NCC(F)c1ccnn1-c1ccccc1. The Morgan fingerprint density at radius 3 is 2.67 bits per heavy atom. The molecule has 3 nitrogen and oxygen atoms in total. The van der Waals surface area contributed by atoms with Gasteiger partial charge >= 0.3 is 0 Å². The maximum absolute atomic E-state index is 13.5. The van der Waals surface area contributed by atoms with Gasteiger partial charge in [0.15, 0.2) is 6.17 Å². The molecular weight excluding hydrogens is 193 g/mol. The second-order valence-electron chi connectivity index (χ2n) is 3.21. The molecule has 2 rings (SSSR count). The van der Waals surface area contributed by atoms with Crippen molar-refractivity contribution in [1.82, 2.24) is 9.78 Å². The second-order valence-corrected chi connectivity index (χ2v) is 3.21. The van der Waals surface area contributed by atoms with Crippen molar-refractivity contribution in [3.8, 4) is 5.69 Å². The number of aromatic nitrogens is 2. The molecule has 0 spiro atoms. The van der Waals surface area contributed by atoms with E-state index < -0.39 is 6.17 Å². The van der Waals surface area contributed by atoms with Gasteiger partial charge in [-0.1, -0.05) is 18.2 Å². The molecule has 0 saturated heterocycles. The summed E-state index contributed by atoms with van der Waals surface area (Å²) in [7, 11) is 0. The van der Waals surface area contributed by atoms with Crippen molar-refractivity contribution in [2.24, 2.45) is 5.73 Å². The highest BCUT2D eigenvalue weighted by atomic mass is 19.1. The molecule has 0 aliphatic carbocycles. The van der Waals surface area contributed by atoms with Crippen LogP contribution >= 0.6 is 0 Å². The van der Waals surface area contributed by atoms with Crippen LogP contribution in [0.5, 0.6) is 0 Å². The third-order valence-electron chi connectivity index (χ3n) is 2.20. The number of para-hydroxylation sites is 1. The maximum Gasteiger partial charge on any atom is 0.154 e. The van der Waals surface area contributed by atoms with E-state index >= 15 is 0 Å². The fourth-order valence-electron chi connectivity index (χ4n) is 1.46. The predicted molar refractivity (Wildman–Crippen MR) is 56.5 cm³/mol. The Hall–Kier alpha value is -1.68. The van der Waals surface area contributed by atoms with Gasteiger partial charge in [-0.25, -0.2) is 9.07 Å². The van der Waals surface area contributed by atoms with Crippen molar-refractivity contribution in [3.05, 3.63) is 48.3 Å². The molecule has 0 fully saturated rings. The van der Waals surface area contributed by atoms with Crippen LogP contribution in [0.1, 0.15) is 11.9 Å². The van der Waals surface area contributed by atoms with Gasteiger partial charge < -0.3 is 5.73 Å². The average molecular weight is 205 g/mol. The smallest absolute Gasteiger partial charge is 0.154 e. The normalized spacial score (nSPS) is 12.7. The molecule has 0 amide bonds. The zero-order chi connectivity index (χ0) is 10.7. The van der Waals surface area contributed by atoms with E-state index in [-0.39, 0.29) is 6.54 Å². The van der Waals surface area contributed by atoms with E-state index in [0.717, 1.165) is 5.69 Å². The van der Waals surface area contributed by atoms with Crippen LogP contribution in [0.4, 0.5) is 4.39 Å². The Kier molecular flexibility index (Phi) is 2.78. The van der Waals surface area contributed by atoms with Crippen molar-refractivity contribution in [1.29, 1.82) is 0 Å². The lowest BCUT2D eigenvalue weighted by Crippen LogP contribution is -2.12. The topological polar surface area (TPSA) is 43.8 Å². The van der Waals surface area contributed by atoms with Crippen LogP contribution in [-0.2, 0) is 0 Å². The van der Waals surface area contributed by atoms with Gasteiger partial charge in [0, 0.05) is 12.7 Å². The molecule has 15 heavy (non-hydrogen) atoms. The molecule has 1 unspecified atom stereocenters. The number of hydrogen-bond donors (Lipinski definition) is 1. The average Bonchev–Trinajstić information content (AvgIpc) is 2.78. The summed E-state index contributed by atoms with van der Waals surface area (Å²) >= 11 is 0. The minimum Gasteiger partial charge on any atom is -0.327 e. The van der Waals surface area contributed by atoms with E-state index in [0.29, 0.717) is 5.69 Å². The molecule has 0 saturated carbocycles. The molecule has 0 radical (unpaired) electrons. The van der Waals surface area contributed by atoms with E-state index in [1.54, 1.807) is 16.9 Å². The summed E-state index contributed by atoms with van der Waals surface area (Å²) in [4.78, 5) is 0. The quantitative estimate of drug-likeness (QED) is 0.830. The summed E-state index contributed by atoms with van der Waals surface area (Å²) in [5, 5.41) is 4.08. The van der Waals surface area contributed by atoms with E-state index in [9.17, 15) is 4.39 Å². The third-order valence-corrected chi connectivity index (χ3v) is 2.20. The largest absolute Gasteiger partial charge is 0.327 e. The van der Waals surface area contributed by atoms with Gasteiger partial charge in [0.2, 0.25) is 0 Å². The highest BCUT2D eigenvalue weighted by Gasteiger charge is 2.13. The zero-order valence-corrected chi connectivity index (χ0v) is 8.18. The van der Waals surface area contributed by atoms with Gasteiger partial charge in [0.05, 0.1) is 11.4 Å². The maximum atomic E-state index is 13.5. The first-order valence-electron chi connectivity index (χ1n) is 4.76. The second kappa shape index (κ2) is 4.23. The lowest BCUT2D eigenvalue weighted by molar-refractivity contribution is 0.338. The number of nitrogens with zero attached hydrogens (tertiary/aromatic N) is 2. The highest BCUT2D eigenvalue weighted by Crippen LogP contribution is 2.18. The summed E-state index contributed by atoms with van der Waals surface area (Å²) in [6.07, 6.45) is 0.401. The lowest BCUT2D eigenvalue weighted by atomic mass is 10.2. The molecule has 1 heterocycles. The molecular formula is C11H12FN3. The molecule has 2 N–H and O–H groups in total. The van der Waals surface area contributed by atoms with Gasteiger partial charge in [-0.05, 0) is 18.2 Å². The van der Waals surface area contributed by atoms with Crippen molar-refractivity contribution in [2.45, 2.75) is 6.17 Å². The molecule has 0 aliphatic heterocycles. The molecule has 78 valence electrons. The molecule has 1 aromatic heterocycles. The molecule has 0 aliphatic rings. The van der Waals surface area contributed by atoms with Crippen molar-refractivity contribution < 1.29 is 4.39 Å². The lowest BCUT2D eigenvalue weighted by Gasteiger charge is -2.09. The van der Waals surface area contributed by atoms with E-state index in [1.807, 2.05) is 30.3 Å². The summed E-state index contributed by atoms with van der Waals surface area (Å²) in [5.74, 6) is 0. The Labute approximate surface area is 87.3 Å². The Morgan fingerprint density at radius 2 is 2.00 bits per heavy atom. The molecule has 1 atom stereocenters. The van der Waals surface area contributed by atoms with Crippen LogP contribution in [0.25, 0.3) is 5.69 Å². The molecule has 2 aromatic rings. The minimum atomic E-state index is -1.17. The summed E-state index contributed by atoms with van der Waals surface area (Å²) < 4.78 is 15.0. The van der Waals surface area contributed by atoms with Crippen molar-refractivity contribution in [2.75, 3.05) is 6.54 Å². The minimum absolute atomic E-state index is 0.0292. The fraction of sp³-hybridized carbons (Fsp3) is 0.182.